The van der Waals surface area contributed by atoms with Gasteiger partial charge in [-0.1, -0.05) is 30.7 Å². The van der Waals surface area contributed by atoms with Gasteiger partial charge in [-0.05, 0) is 36.2 Å². The van der Waals surface area contributed by atoms with Gasteiger partial charge in [-0.3, -0.25) is 4.79 Å². The minimum Gasteiger partial charge on any atom is -0.507 e. The van der Waals surface area contributed by atoms with Crippen molar-refractivity contribution < 1.29 is 9.52 Å². The highest BCUT2D eigenvalue weighted by atomic mass is 35.5. The fourth-order valence-corrected chi connectivity index (χ4v) is 2.49. The number of fused-ring (bicyclic) bond motifs is 1. The molecule has 0 saturated carbocycles. The molecule has 3 nitrogen and oxygen atoms in total. The molecule has 106 valence electrons. The standard InChI is InChI=1S/C17H13ClO3/c1-2-10-6-7-11(14(19)8-10)16-9-15(20)12-4-3-5-13(18)17(12)21-16/h3-9,19H,2H2,1H3. The van der Waals surface area contributed by atoms with Crippen LogP contribution in [0.4, 0.5) is 0 Å². The van der Waals surface area contributed by atoms with Crippen LogP contribution in [0.5, 0.6) is 5.75 Å². The molecule has 0 spiro atoms. The van der Waals surface area contributed by atoms with Crippen LogP contribution in [0, 0.1) is 0 Å². The maximum Gasteiger partial charge on any atom is 0.193 e. The lowest BCUT2D eigenvalue weighted by Crippen LogP contribution is -2.00. The first kappa shape index (κ1) is 13.7. The third-order valence-electron chi connectivity index (χ3n) is 3.44. The van der Waals surface area contributed by atoms with E-state index in [0.29, 0.717) is 27.3 Å². The monoisotopic (exact) mass is 300 g/mol. The van der Waals surface area contributed by atoms with E-state index in [0.717, 1.165) is 12.0 Å². The largest absolute Gasteiger partial charge is 0.507 e. The Labute approximate surface area is 126 Å². The molecule has 3 rings (SSSR count). The zero-order chi connectivity index (χ0) is 15.0. The highest BCUT2D eigenvalue weighted by Crippen LogP contribution is 2.32. The average Bonchev–Trinajstić information content (AvgIpc) is 2.48. The molecule has 0 amide bonds. The summed E-state index contributed by atoms with van der Waals surface area (Å²) in [5.74, 6) is 0.393. The Morgan fingerprint density at radius 2 is 2.00 bits per heavy atom. The van der Waals surface area contributed by atoms with E-state index in [1.807, 2.05) is 13.0 Å². The van der Waals surface area contributed by atoms with Crippen molar-refractivity contribution in [1.29, 1.82) is 0 Å². The summed E-state index contributed by atoms with van der Waals surface area (Å²) in [6.45, 7) is 2.00. The van der Waals surface area contributed by atoms with E-state index in [9.17, 15) is 9.90 Å². The minimum absolute atomic E-state index is 0.0869. The van der Waals surface area contributed by atoms with Gasteiger partial charge >= 0.3 is 0 Å². The molecule has 0 saturated heterocycles. The van der Waals surface area contributed by atoms with Gasteiger partial charge in [-0.15, -0.1) is 0 Å². The summed E-state index contributed by atoms with van der Waals surface area (Å²) in [4.78, 5) is 12.2. The SMILES string of the molecule is CCc1ccc(-c2cc(=O)c3cccc(Cl)c3o2)c(O)c1. The highest BCUT2D eigenvalue weighted by Gasteiger charge is 2.12. The van der Waals surface area contributed by atoms with Gasteiger partial charge in [0.15, 0.2) is 11.0 Å². The van der Waals surface area contributed by atoms with Gasteiger partial charge in [0.2, 0.25) is 0 Å². The van der Waals surface area contributed by atoms with E-state index in [2.05, 4.69) is 0 Å². The van der Waals surface area contributed by atoms with Gasteiger partial charge in [0.25, 0.3) is 0 Å². The van der Waals surface area contributed by atoms with Crippen LogP contribution in [0.1, 0.15) is 12.5 Å². The summed E-state index contributed by atoms with van der Waals surface area (Å²) in [5.41, 5.74) is 1.64. The van der Waals surface area contributed by atoms with Crippen LogP contribution in [0.25, 0.3) is 22.3 Å². The van der Waals surface area contributed by atoms with E-state index in [4.69, 9.17) is 16.0 Å². The van der Waals surface area contributed by atoms with Gasteiger partial charge in [0, 0.05) is 6.07 Å². The number of aromatic hydroxyl groups is 1. The van der Waals surface area contributed by atoms with Gasteiger partial charge in [-0.25, -0.2) is 0 Å². The Kier molecular flexibility index (Phi) is 3.43. The molecule has 3 aromatic rings. The van der Waals surface area contributed by atoms with Gasteiger partial charge < -0.3 is 9.52 Å². The summed E-state index contributed by atoms with van der Waals surface area (Å²) >= 11 is 6.08. The number of hydrogen-bond acceptors (Lipinski definition) is 3. The smallest absolute Gasteiger partial charge is 0.193 e. The molecule has 21 heavy (non-hydrogen) atoms. The number of hydrogen-bond donors (Lipinski definition) is 1. The number of aryl methyl sites for hydroxylation is 1. The molecular weight excluding hydrogens is 288 g/mol. The van der Waals surface area contributed by atoms with E-state index in [-0.39, 0.29) is 11.2 Å². The number of benzene rings is 2. The number of para-hydroxylation sites is 1. The van der Waals surface area contributed by atoms with Crippen molar-refractivity contribution in [3.63, 3.8) is 0 Å². The highest BCUT2D eigenvalue weighted by molar-refractivity contribution is 6.34. The summed E-state index contributed by atoms with van der Waals surface area (Å²) in [7, 11) is 0. The lowest BCUT2D eigenvalue weighted by molar-refractivity contribution is 0.473. The van der Waals surface area contributed by atoms with Crippen molar-refractivity contribution in [2.24, 2.45) is 0 Å². The molecule has 0 unspecified atom stereocenters. The maximum atomic E-state index is 12.2. The summed E-state index contributed by atoms with van der Waals surface area (Å²) in [6, 6.07) is 11.7. The number of phenolic OH excluding ortho intramolecular Hbond substituents is 1. The average molecular weight is 301 g/mol. The van der Waals surface area contributed by atoms with Gasteiger partial charge in [-0.2, -0.15) is 0 Å². The van der Waals surface area contributed by atoms with Crippen LogP contribution in [0.2, 0.25) is 5.02 Å². The van der Waals surface area contributed by atoms with Crippen molar-refractivity contribution in [2.45, 2.75) is 13.3 Å². The van der Waals surface area contributed by atoms with Gasteiger partial charge in [0.05, 0.1) is 16.0 Å². The van der Waals surface area contributed by atoms with Gasteiger partial charge in [0.1, 0.15) is 11.5 Å². The lowest BCUT2D eigenvalue weighted by atomic mass is 10.1. The van der Waals surface area contributed by atoms with Crippen molar-refractivity contribution in [3.05, 3.63) is 63.3 Å². The predicted molar refractivity (Wildman–Crippen MR) is 84.0 cm³/mol. The Hall–Kier alpha value is -2.26. The normalized spacial score (nSPS) is 11.0. The fraction of sp³-hybridized carbons (Fsp3) is 0.118. The second-order valence-electron chi connectivity index (χ2n) is 4.80. The van der Waals surface area contributed by atoms with Crippen molar-refractivity contribution in [2.75, 3.05) is 0 Å². The van der Waals surface area contributed by atoms with Crippen molar-refractivity contribution in [3.8, 4) is 17.1 Å². The zero-order valence-electron chi connectivity index (χ0n) is 11.4. The second kappa shape index (κ2) is 5.26. The van der Waals surface area contributed by atoms with E-state index in [1.54, 1.807) is 30.3 Å². The summed E-state index contributed by atoms with van der Waals surface area (Å²) in [5, 5.41) is 10.9. The molecule has 0 aliphatic heterocycles. The van der Waals surface area contributed by atoms with E-state index < -0.39 is 0 Å². The van der Waals surface area contributed by atoms with Crippen LogP contribution in [-0.4, -0.2) is 5.11 Å². The Balaban J connectivity index is 2.26. The van der Waals surface area contributed by atoms with Crippen LogP contribution >= 0.6 is 11.6 Å². The van der Waals surface area contributed by atoms with E-state index >= 15 is 0 Å². The molecule has 1 heterocycles. The molecule has 1 aromatic heterocycles. The maximum absolute atomic E-state index is 12.2. The third kappa shape index (κ3) is 2.41. The molecule has 1 N–H and O–H groups in total. The number of rotatable bonds is 2. The Bertz CT molecular complexity index is 881. The molecular formula is C17H13ClO3. The number of halogens is 1. The fourth-order valence-electron chi connectivity index (χ4n) is 2.28. The first-order chi connectivity index (χ1) is 10.1. The molecule has 4 heteroatoms. The van der Waals surface area contributed by atoms with Crippen LogP contribution in [0.3, 0.4) is 0 Å². The van der Waals surface area contributed by atoms with Crippen LogP contribution < -0.4 is 5.43 Å². The molecule has 0 atom stereocenters. The van der Waals surface area contributed by atoms with Crippen molar-refractivity contribution >= 4 is 22.6 Å². The predicted octanol–water partition coefficient (Wildman–Crippen LogP) is 4.38. The lowest BCUT2D eigenvalue weighted by Gasteiger charge is -2.07. The molecule has 0 aliphatic rings. The van der Waals surface area contributed by atoms with E-state index in [1.165, 1.54) is 6.07 Å². The topological polar surface area (TPSA) is 50.4 Å². The first-order valence-corrected chi connectivity index (χ1v) is 7.02. The second-order valence-corrected chi connectivity index (χ2v) is 5.20. The van der Waals surface area contributed by atoms with Crippen LogP contribution in [0.15, 0.2) is 51.7 Å². The third-order valence-corrected chi connectivity index (χ3v) is 3.74. The quantitative estimate of drug-likeness (QED) is 0.764. The van der Waals surface area contributed by atoms with Crippen LogP contribution in [-0.2, 0) is 6.42 Å². The summed E-state index contributed by atoms with van der Waals surface area (Å²) in [6.07, 6.45) is 0.821. The minimum atomic E-state index is -0.187. The molecule has 0 aliphatic carbocycles. The molecule has 0 radical (unpaired) electrons. The molecule has 0 fully saturated rings. The summed E-state index contributed by atoms with van der Waals surface area (Å²) < 4.78 is 5.72. The molecule has 2 aromatic carbocycles. The Morgan fingerprint density at radius 3 is 2.71 bits per heavy atom. The van der Waals surface area contributed by atoms with Crippen molar-refractivity contribution in [1.82, 2.24) is 0 Å². The Morgan fingerprint density at radius 1 is 1.19 bits per heavy atom. The first-order valence-electron chi connectivity index (χ1n) is 6.65. The number of phenols is 1. The molecule has 0 bridgehead atoms. The zero-order valence-corrected chi connectivity index (χ0v) is 12.1.